The highest BCUT2D eigenvalue weighted by Gasteiger charge is 2.36. The fourth-order valence-electron chi connectivity index (χ4n) is 4.95. The molecule has 1 amide bonds. The first-order valence-corrected chi connectivity index (χ1v) is 14.3. The molecule has 8 nitrogen and oxygen atoms in total. The summed E-state index contributed by atoms with van der Waals surface area (Å²) in [6.07, 6.45) is -4.93. The predicted octanol–water partition coefficient (Wildman–Crippen LogP) is 7.43. The summed E-state index contributed by atoms with van der Waals surface area (Å²) < 4.78 is 53.8. The maximum Gasteiger partial charge on any atom is 0.417 e. The van der Waals surface area contributed by atoms with E-state index in [1.54, 1.807) is 38.1 Å². The number of esters is 1. The molecule has 1 atom stereocenters. The molecule has 0 bridgehead atoms. The lowest BCUT2D eigenvalue weighted by molar-refractivity contribution is -0.144. The SMILES string of the molecule is C.COC(=O)[C@@H](NC(=O)c1cccc(Oc2ccc(-c3cc(C(F)(F)F)c(C#N)c(=O)n3Cc3ccc(C)cc3C)cc2)c1)C(C)C. The van der Waals surface area contributed by atoms with Crippen LogP contribution in [0.25, 0.3) is 11.3 Å². The normalized spacial score (nSPS) is 11.7. The number of benzene rings is 3. The molecule has 4 rings (SSSR count). The Hall–Kier alpha value is -5.37. The van der Waals surface area contributed by atoms with Gasteiger partial charge < -0.3 is 19.4 Å². The topological polar surface area (TPSA) is 110 Å². The summed E-state index contributed by atoms with van der Waals surface area (Å²) in [4.78, 5) is 38.3. The lowest BCUT2D eigenvalue weighted by Gasteiger charge is -2.20. The standard InChI is InChI=1S/C35H32F3N3O5.CH4/c1-20(2)31(34(44)45-5)40-32(42)24-7-6-8-27(16-24)46-26-13-11-23(12-14-26)30-17-29(35(36,37)38)28(18-39)33(43)41(30)19-25-10-9-21(3)15-22(25)4;/h6-17,20,31H,19H2,1-5H3,(H,40,42);1H4/t31-;/m0./s1. The Kier molecular flexibility index (Phi) is 11.4. The van der Waals surface area contributed by atoms with Gasteiger partial charge in [0.15, 0.2) is 0 Å². The van der Waals surface area contributed by atoms with E-state index in [4.69, 9.17) is 9.47 Å². The van der Waals surface area contributed by atoms with E-state index >= 15 is 0 Å². The van der Waals surface area contributed by atoms with Gasteiger partial charge >= 0.3 is 12.1 Å². The first kappa shape index (κ1) is 36.1. The number of nitrogens with zero attached hydrogens (tertiary/aromatic N) is 2. The largest absolute Gasteiger partial charge is 0.467 e. The minimum absolute atomic E-state index is 0. The van der Waals surface area contributed by atoms with Crippen LogP contribution in [0, 0.1) is 31.1 Å². The number of ether oxygens (including phenoxy) is 2. The minimum Gasteiger partial charge on any atom is -0.467 e. The molecule has 1 N–H and O–H groups in total. The second kappa shape index (κ2) is 14.8. The second-order valence-corrected chi connectivity index (χ2v) is 11.1. The van der Waals surface area contributed by atoms with Gasteiger partial charge in [-0.1, -0.05) is 51.1 Å². The van der Waals surface area contributed by atoms with E-state index in [0.29, 0.717) is 22.6 Å². The number of aryl methyl sites for hydroxylation is 2. The zero-order valence-corrected chi connectivity index (χ0v) is 25.9. The molecule has 3 aromatic carbocycles. The van der Waals surface area contributed by atoms with Crippen LogP contribution in [0.4, 0.5) is 13.2 Å². The number of methoxy groups -OCH3 is 1. The molecule has 0 aliphatic heterocycles. The molecule has 0 fully saturated rings. The molecule has 0 saturated carbocycles. The van der Waals surface area contributed by atoms with Crippen LogP contribution in [0.2, 0.25) is 0 Å². The predicted molar refractivity (Wildman–Crippen MR) is 172 cm³/mol. The molecule has 0 aliphatic rings. The summed E-state index contributed by atoms with van der Waals surface area (Å²) >= 11 is 0. The van der Waals surface area contributed by atoms with Gasteiger partial charge in [0.05, 0.1) is 24.9 Å². The number of aromatic nitrogens is 1. The van der Waals surface area contributed by atoms with Crippen LogP contribution in [-0.4, -0.2) is 29.6 Å². The number of carbonyl (C=O) groups is 2. The van der Waals surface area contributed by atoms with Crippen LogP contribution in [-0.2, 0) is 22.3 Å². The quantitative estimate of drug-likeness (QED) is 0.189. The van der Waals surface area contributed by atoms with Gasteiger partial charge in [0.25, 0.3) is 11.5 Å². The molecular formula is C36H36F3N3O5. The lowest BCUT2D eigenvalue weighted by atomic mass is 10.0. The van der Waals surface area contributed by atoms with Crippen molar-refractivity contribution in [2.24, 2.45) is 5.92 Å². The molecule has 0 radical (unpaired) electrons. The Morgan fingerprint density at radius 3 is 2.23 bits per heavy atom. The first-order chi connectivity index (χ1) is 21.7. The Labute approximate surface area is 271 Å². The van der Waals surface area contributed by atoms with Gasteiger partial charge in [-0.3, -0.25) is 9.59 Å². The summed E-state index contributed by atoms with van der Waals surface area (Å²) in [5.74, 6) is -0.684. The summed E-state index contributed by atoms with van der Waals surface area (Å²) in [5, 5.41) is 12.2. The molecule has 0 saturated heterocycles. The van der Waals surface area contributed by atoms with Crippen LogP contribution < -0.4 is 15.6 Å². The first-order valence-electron chi connectivity index (χ1n) is 14.3. The van der Waals surface area contributed by atoms with E-state index in [1.807, 2.05) is 26.0 Å². The molecule has 0 aliphatic carbocycles. The Morgan fingerprint density at radius 1 is 0.979 bits per heavy atom. The van der Waals surface area contributed by atoms with Gasteiger partial charge in [0, 0.05) is 5.56 Å². The van der Waals surface area contributed by atoms with Gasteiger partial charge in [-0.25, -0.2) is 4.79 Å². The molecule has 4 aromatic rings. The summed E-state index contributed by atoms with van der Waals surface area (Å²) in [6.45, 7) is 7.25. The van der Waals surface area contributed by atoms with Crippen molar-refractivity contribution in [1.82, 2.24) is 9.88 Å². The number of nitrogens with one attached hydrogen (secondary N) is 1. The van der Waals surface area contributed by atoms with Gasteiger partial charge in [-0.2, -0.15) is 18.4 Å². The van der Waals surface area contributed by atoms with E-state index < -0.39 is 40.8 Å². The van der Waals surface area contributed by atoms with E-state index in [-0.39, 0.29) is 31.1 Å². The molecule has 1 heterocycles. The van der Waals surface area contributed by atoms with Gasteiger partial charge in [-0.05, 0) is 85.0 Å². The number of amides is 1. The van der Waals surface area contributed by atoms with Crippen LogP contribution >= 0.6 is 0 Å². The van der Waals surface area contributed by atoms with E-state index in [1.165, 1.54) is 48.1 Å². The van der Waals surface area contributed by atoms with Crippen molar-refractivity contribution >= 4 is 11.9 Å². The smallest absolute Gasteiger partial charge is 0.417 e. The average molecular weight is 648 g/mol. The zero-order valence-electron chi connectivity index (χ0n) is 25.9. The molecule has 0 unspecified atom stereocenters. The van der Waals surface area contributed by atoms with Crippen molar-refractivity contribution in [2.75, 3.05) is 7.11 Å². The molecule has 246 valence electrons. The van der Waals surface area contributed by atoms with Crippen molar-refractivity contribution in [3.8, 4) is 28.8 Å². The molecule has 47 heavy (non-hydrogen) atoms. The van der Waals surface area contributed by atoms with Crippen LogP contribution in [0.3, 0.4) is 0 Å². The second-order valence-electron chi connectivity index (χ2n) is 11.1. The number of pyridine rings is 1. The Morgan fingerprint density at radius 2 is 1.66 bits per heavy atom. The number of halogens is 3. The van der Waals surface area contributed by atoms with Crippen LogP contribution in [0.5, 0.6) is 11.5 Å². The third-order valence-corrected chi connectivity index (χ3v) is 7.43. The van der Waals surface area contributed by atoms with Gasteiger partial charge in [0.2, 0.25) is 0 Å². The number of nitriles is 1. The number of hydrogen-bond donors (Lipinski definition) is 1. The van der Waals surface area contributed by atoms with E-state index in [9.17, 15) is 32.8 Å². The van der Waals surface area contributed by atoms with Crippen molar-refractivity contribution in [3.63, 3.8) is 0 Å². The third-order valence-electron chi connectivity index (χ3n) is 7.43. The van der Waals surface area contributed by atoms with Crippen molar-refractivity contribution < 1.29 is 32.2 Å². The molecule has 1 aromatic heterocycles. The summed E-state index contributed by atoms with van der Waals surface area (Å²) in [5.41, 5.74) is -0.279. The van der Waals surface area contributed by atoms with Gasteiger partial charge in [0.1, 0.15) is 29.2 Å². The maximum absolute atomic E-state index is 14.0. The highest BCUT2D eigenvalue weighted by atomic mass is 19.4. The van der Waals surface area contributed by atoms with Crippen LogP contribution in [0.1, 0.15) is 59.4 Å². The number of rotatable bonds is 9. The van der Waals surface area contributed by atoms with E-state index in [0.717, 1.165) is 17.2 Å². The monoisotopic (exact) mass is 647 g/mol. The van der Waals surface area contributed by atoms with Crippen molar-refractivity contribution in [3.05, 3.63) is 117 Å². The van der Waals surface area contributed by atoms with Gasteiger partial charge in [-0.15, -0.1) is 0 Å². The van der Waals surface area contributed by atoms with Crippen molar-refractivity contribution in [1.29, 1.82) is 5.26 Å². The highest BCUT2D eigenvalue weighted by molar-refractivity contribution is 5.97. The number of alkyl halides is 3. The Bertz CT molecular complexity index is 1870. The van der Waals surface area contributed by atoms with Crippen LogP contribution in [0.15, 0.2) is 77.6 Å². The van der Waals surface area contributed by atoms with Crippen molar-refractivity contribution in [2.45, 2.75) is 53.9 Å². The number of hydrogen-bond acceptors (Lipinski definition) is 6. The minimum atomic E-state index is -4.93. The average Bonchev–Trinajstić information content (AvgIpc) is 3.01. The fourth-order valence-corrected chi connectivity index (χ4v) is 4.95. The third kappa shape index (κ3) is 8.27. The summed E-state index contributed by atoms with van der Waals surface area (Å²) in [7, 11) is 1.24. The Balaban J connectivity index is 0.00000600. The highest BCUT2D eigenvalue weighted by Crippen LogP contribution is 2.34. The molecular weight excluding hydrogens is 611 g/mol. The zero-order chi connectivity index (χ0) is 33.8. The number of carbonyl (C=O) groups excluding carboxylic acids is 2. The lowest BCUT2D eigenvalue weighted by Crippen LogP contribution is -2.45. The maximum atomic E-state index is 14.0. The van der Waals surface area contributed by atoms with E-state index in [2.05, 4.69) is 5.32 Å². The summed E-state index contributed by atoms with van der Waals surface area (Å²) in [6, 6.07) is 19.3. The molecule has 11 heteroatoms. The fraction of sp³-hybridized carbons (Fsp3) is 0.278. The molecule has 0 spiro atoms.